The van der Waals surface area contributed by atoms with Crippen molar-refractivity contribution in [3.8, 4) is 0 Å². The Morgan fingerprint density at radius 3 is 2.55 bits per heavy atom. The zero-order valence-corrected chi connectivity index (χ0v) is 18.1. The van der Waals surface area contributed by atoms with Gasteiger partial charge in [-0.2, -0.15) is 5.01 Å². The van der Waals surface area contributed by atoms with E-state index in [1.807, 2.05) is 24.3 Å². The van der Waals surface area contributed by atoms with Crippen LogP contribution in [-0.2, 0) is 14.3 Å². The van der Waals surface area contributed by atoms with Crippen LogP contribution in [-0.4, -0.2) is 40.0 Å². The molecule has 33 heavy (non-hydrogen) atoms. The van der Waals surface area contributed by atoms with Crippen LogP contribution in [0.2, 0.25) is 0 Å². The Hall–Kier alpha value is -4.40. The first-order valence-electron chi connectivity index (χ1n) is 10.3. The number of carboxylic acids is 1. The van der Waals surface area contributed by atoms with Crippen LogP contribution in [0.25, 0.3) is 17.0 Å². The fourth-order valence-electron chi connectivity index (χ4n) is 3.69. The van der Waals surface area contributed by atoms with Crippen LogP contribution in [0.5, 0.6) is 0 Å². The number of hydrazone groups is 1. The molecule has 1 aliphatic rings. The van der Waals surface area contributed by atoms with Crippen molar-refractivity contribution < 1.29 is 24.2 Å². The predicted octanol–water partition coefficient (Wildman–Crippen LogP) is 3.17. The van der Waals surface area contributed by atoms with E-state index in [2.05, 4.69) is 5.10 Å². The Bertz CT molecular complexity index is 1320. The number of hydrogen-bond donors (Lipinski definition) is 2. The average Bonchev–Trinajstić information content (AvgIpc) is 3.31. The predicted molar refractivity (Wildman–Crippen MR) is 124 cm³/mol. The Balaban J connectivity index is 1.71. The molecule has 9 nitrogen and oxygen atoms in total. The number of amides is 1. The van der Waals surface area contributed by atoms with Gasteiger partial charge in [-0.3, -0.25) is 4.79 Å². The molecule has 4 rings (SSSR count). The number of carbonyl (C=O) groups excluding carboxylic acids is 2. The number of esters is 1. The van der Waals surface area contributed by atoms with Gasteiger partial charge in [0.1, 0.15) is 6.04 Å². The maximum Gasteiger partial charge on any atom is 0.335 e. The molecule has 0 bridgehead atoms. The Morgan fingerprint density at radius 1 is 1.18 bits per heavy atom. The van der Waals surface area contributed by atoms with Crippen molar-refractivity contribution in [1.29, 1.82) is 0 Å². The molecular formula is C24H22N4O5. The monoisotopic (exact) mass is 446 g/mol. The molecule has 3 N–H and O–H groups in total. The summed E-state index contributed by atoms with van der Waals surface area (Å²) in [7, 11) is 0. The first-order valence-corrected chi connectivity index (χ1v) is 10.3. The van der Waals surface area contributed by atoms with E-state index in [4.69, 9.17) is 15.6 Å². The zero-order chi connectivity index (χ0) is 23.7. The molecule has 0 fully saturated rings. The SMILES string of the molecule is CCOC(=O)C(C)n1cc(C=C2C(=O)N(c3ccc(C(=O)O)cc3)N=C2N)c2ccccc21. The number of benzene rings is 2. The molecule has 0 saturated heterocycles. The lowest BCUT2D eigenvalue weighted by Gasteiger charge is -2.13. The smallest absolute Gasteiger partial charge is 0.335 e. The Kier molecular flexibility index (Phi) is 5.70. The third kappa shape index (κ3) is 3.96. The molecule has 1 atom stereocenters. The number of nitrogens with zero attached hydrogens (tertiary/aromatic N) is 3. The minimum absolute atomic E-state index is 0.0394. The summed E-state index contributed by atoms with van der Waals surface area (Å²) in [6.45, 7) is 3.79. The minimum Gasteiger partial charge on any atom is -0.478 e. The van der Waals surface area contributed by atoms with Crippen molar-refractivity contribution in [1.82, 2.24) is 4.57 Å². The third-order valence-corrected chi connectivity index (χ3v) is 5.38. The second kappa shape index (κ2) is 8.62. The van der Waals surface area contributed by atoms with Crippen LogP contribution in [0.4, 0.5) is 5.69 Å². The van der Waals surface area contributed by atoms with Gasteiger partial charge in [-0.25, -0.2) is 9.59 Å². The lowest BCUT2D eigenvalue weighted by Crippen LogP contribution is -2.22. The van der Waals surface area contributed by atoms with Gasteiger partial charge in [0, 0.05) is 22.7 Å². The van der Waals surface area contributed by atoms with Crippen molar-refractivity contribution in [3.63, 3.8) is 0 Å². The van der Waals surface area contributed by atoms with Gasteiger partial charge in [-0.05, 0) is 50.3 Å². The second-order valence-corrected chi connectivity index (χ2v) is 7.45. The molecule has 1 unspecified atom stereocenters. The number of fused-ring (bicyclic) bond motifs is 1. The molecule has 3 aromatic rings. The van der Waals surface area contributed by atoms with Gasteiger partial charge in [0.25, 0.3) is 5.91 Å². The number of para-hydroxylation sites is 1. The highest BCUT2D eigenvalue weighted by molar-refractivity contribution is 6.32. The fraction of sp³-hybridized carbons (Fsp3) is 0.167. The van der Waals surface area contributed by atoms with Crippen molar-refractivity contribution >= 4 is 46.3 Å². The number of nitrogens with two attached hydrogens (primary N) is 1. The fourth-order valence-corrected chi connectivity index (χ4v) is 3.69. The van der Waals surface area contributed by atoms with Crippen LogP contribution in [0.3, 0.4) is 0 Å². The summed E-state index contributed by atoms with van der Waals surface area (Å²) in [4.78, 5) is 36.5. The van der Waals surface area contributed by atoms with Gasteiger partial charge in [-0.1, -0.05) is 18.2 Å². The summed E-state index contributed by atoms with van der Waals surface area (Å²) in [5, 5.41) is 15.2. The van der Waals surface area contributed by atoms with E-state index in [9.17, 15) is 14.4 Å². The number of carboxylic acid groups (broad SMARTS) is 1. The van der Waals surface area contributed by atoms with E-state index in [-0.39, 0.29) is 29.5 Å². The number of rotatable bonds is 6. The van der Waals surface area contributed by atoms with Crippen LogP contribution in [0.15, 0.2) is 65.4 Å². The van der Waals surface area contributed by atoms with E-state index in [0.717, 1.165) is 15.9 Å². The summed E-state index contributed by atoms with van der Waals surface area (Å²) < 4.78 is 6.96. The molecule has 0 spiro atoms. The van der Waals surface area contributed by atoms with E-state index < -0.39 is 17.9 Å². The number of ether oxygens (including phenoxy) is 1. The van der Waals surface area contributed by atoms with Gasteiger partial charge < -0.3 is 20.1 Å². The quantitative estimate of drug-likeness (QED) is 0.442. The Morgan fingerprint density at radius 2 is 1.88 bits per heavy atom. The first kappa shape index (κ1) is 21.8. The first-order chi connectivity index (χ1) is 15.8. The van der Waals surface area contributed by atoms with Crippen LogP contribution in [0.1, 0.15) is 35.8 Å². The highest BCUT2D eigenvalue weighted by Crippen LogP contribution is 2.29. The molecule has 168 valence electrons. The second-order valence-electron chi connectivity index (χ2n) is 7.45. The minimum atomic E-state index is -1.06. The number of amidine groups is 1. The maximum atomic E-state index is 13.1. The molecule has 9 heteroatoms. The van der Waals surface area contributed by atoms with Gasteiger partial charge >= 0.3 is 11.9 Å². The van der Waals surface area contributed by atoms with Crippen LogP contribution < -0.4 is 10.7 Å². The summed E-state index contributed by atoms with van der Waals surface area (Å²) in [6, 6.07) is 12.7. The average molecular weight is 446 g/mol. The third-order valence-electron chi connectivity index (χ3n) is 5.38. The van der Waals surface area contributed by atoms with Gasteiger partial charge in [-0.15, -0.1) is 5.10 Å². The van der Waals surface area contributed by atoms with Crippen molar-refractivity contribution in [3.05, 3.63) is 71.4 Å². The molecule has 2 heterocycles. The van der Waals surface area contributed by atoms with E-state index in [0.29, 0.717) is 11.3 Å². The standard InChI is InChI=1S/C24H22N4O5/c1-3-33-24(32)14(2)27-13-16(18-6-4-5-7-20(18)27)12-19-21(25)26-28(22(19)29)17-10-8-15(9-11-17)23(30)31/h4-14H,3H2,1-2H3,(H2,25,26)(H,30,31). The topological polar surface area (TPSA) is 127 Å². The van der Waals surface area contributed by atoms with E-state index in [1.54, 1.807) is 30.7 Å². The largest absolute Gasteiger partial charge is 0.478 e. The molecule has 0 aliphatic carbocycles. The summed E-state index contributed by atoms with van der Waals surface area (Å²) in [5.74, 6) is -1.82. The van der Waals surface area contributed by atoms with Crippen molar-refractivity contribution in [2.75, 3.05) is 11.6 Å². The van der Waals surface area contributed by atoms with Gasteiger partial charge in [0.05, 0.1) is 23.4 Å². The number of hydrogen-bond acceptors (Lipinski definition) is 6. The molecule has 2 aromatic carbocycles. The molecule has 1 aliphatic heterocycles. The number of aromatic nitrogens is 1. The molecule has 0 radical (unpaired) electrons. The summed E-state index contributed by atoms with van der Waals surface area (Å²) in [6.07, 6.45) is 3.42. The van der Waals surface area contributed by atoms with Crippen molar-refractivity contribution in [2.24, 2.45) is 10.8 Å². The highest BCUT2D eigenvalue weighted by atomic mass is 16.5. The van der Waals surface area contributed by atoms with Gasteiger partial charge in [0.2, 0.25) is 0 Å². The molecule has 1 aromatic heterocycles. The summed E-state index contributed by atoms with van der Waals surface area (Å²) >= 11 is 0. The van der Waals surface area contributed by atoms with E-state index in [1.165, 1.54) is 24.3 Å². The van der Waals surface area contributed by atoms with Gasteiger partial charge in [0.15, 0.2) is 5.84 Å². The Labute approximate surface area is 189 Å². The summed E-state index contributed by atoms with van der Waals surface area (Å²) in [5.41, 5.74) is 8.27. The normalized spacial score (nSPS) is 15.7. The van der Waals surface area contributed by atoms with Crippen LogP contribution in [0, 0.1) is 0 Å². The zero-order valence-electron chi connectivity index (χ0n) is 18.1. The lowest BCUT2D eigenvalue weighted by atomic mass is 10.1. The maximum absolute atomic E-state index is 13.1. The van der Waals surface area contributed by atoms with E-state index >= 15 is 0 Å². The van der Waals surface area contributed by atoms with Crippen molar-refractivity contribution in [2.45, 2.75) is 19.9 Å². The molecule has 0 saturated carbocycles. The highest BCUT2D eigenvalue weighted by Gasteiger charge is 2.30. The number of aromatic carboxylic acids is 1. The number of anilines is 1. The number of carbonyl (C=O) groups is 3. The lowest BCUT2D eigenvalue weighted by molar-refractivity contribution is -0.146. The molecular weight excluding hydrogens is 424 g/mol. The molecule has 1 amide bonds. The van der Waals surface area contributed by atoms with Crippen LogP contribution >= 0.6 is 0 Å².